The van der Waals surface area contributed by atoms with Gasteiger partial charge in [-0.15, -0.1) is 0 Å². The molecule has 0 radical (unpaired) electrons. The van der Waals surface area contributed by atoms with Gasteiger partial charge in [-0.05, 0) is 60.4 Å². The first-order valence-electron chi connectivity index (χ1n) is 10.2. The second-order valence-corrected chi connectivity index (χ2v) is 8.70. The number of fused-ring (bicyclic) bond motifs is 1. The van der Waals surface area contributed by atoms with E-state index in [1.807, 2.05) is 31.2 Å². The Morgan fingerprint density at radius 3 is 2.72 bits per heavy atom. The van der Waals surface area contributed by atoms with E-state index in [0.717, 1.165) is 27.1 Å². The number of furan rings is 1. The second kappa shape index (κ2) is 9.23. The highest BCUT2D eigenvalue weighted by Crippen LogP contribution is 2.29. The standard InChI is InChI=1S/C24H23N3O4S/c1-14(2)17-8-6-15(3)11-20(17)31-13-22(28)25-16-7-9-18-21(12-16)32-24(26-18)27-23(29)19-5-4-10-30-19/h4-12,14H,13H2,1-3H3,(H,25,28)(H,26,27,29). The number of carbonyl (C=O) groups is 2. The molecule has 7 nitrogen and oxygen atoms in total. The van der Waals surface area contributed by atoms with Gasteiger partial charge >= 0.3 is 0 Å². The second-order valence-electron chi connectivity index (χ2n) is 7.67. The van der Waals surface area contributed by atoms with E-state index in [9.17, 15) is 9.59 Å². The number of hydrogen-bond acceptors (Lipinski definition) is 6. The highest BCUT2D eigenvalue weighted by atomic mass is 32.1. The van der Waals surface area contributed by atoms with Crippen molar-refractivity contribution in [2.24, 2.45) is 0 Å². The molecular weight excluding hydrogens is 426 g/mol. The van der Waals surface area contributed by atoms with Gasteiger partial charge in [-0.1, -0.05) is 37.3 Å². The van der Waals surface area contributed by atoms with Crippen LogP contribution in [0.15, 0.2) is 59.2 Å². The Labute approximate surface area is 189 Å². The van der Waals surface area contributed by atoms with Crippen LogP contribution in [0.25, 0.3) is 10.2 Å². The summed E-state index contributed by atoms with van der Waals surface area (Å²) in [6.45, 7) is 6.08. The summed E-state index contributed by atoms with van der Waals surface area (Å²) in [5.74, 6) is 0.620. The first-order chi connectivity index (χ1) is 15.4. The fourth-order valence-corrected chi connectivity index (χ4v) is 4.11. The number of anilines is 2. The number of carbonyl (C=O) groups excluding carboxylic acids is 2. The van der Waals surface area contributed by atoms with Crippen molar-refractivity contribution in [3.05, 3.63) is 71.7 Å². The topological polar surface area (TPSA) is 93.5 Å². The molecule has 32 heavy (non-hydrogen) atoms. The van der Waals surface area contributed by atoms with Crippen molar-refractivity contribution in [1.82, 2.24) is 4.98 Å². The fraction of sp³-hybridized carbons (Fsp3) is 0.208. The lowest BCUT2D eigenvalue weighted by atomic mass is 10.0. The van der Waals surface area contributed by atoms with Crippen LogP contribution in [-0.2, 0) is 4.79 Å². The van der Waals surface area contributed by atoms with Gasteiger partial charge < -0.3 is 14.5 Å². The van der Waals surface area contributed by atoms with E-state index < -0.39 is 0 Å². The monoisotopic (exact) mass is 449 g/mol. The Morgan fingerprint density at radius 2 is 1.97 bits per heavy atom. The van der Waals surface area contributed by atoms with Gasteiger partial charge in [0.1, 0.15) is 5.75 Å². The lowest BCUT2D eigenvalue weighted by Gasteiger charge is -2.14. The summed E-state index contributed by atoms with van der Waals surface area (Å²) in [4.78, 5) is 29.0. The molecule has 0 fully saturated rings. The third-order valence-corrected chi connectivity index (χ3v) is 5.72. The van der Waals surface area contributed by atoms with Crippen LogP contribution in [0.5, 0.6) is 5.75 Å². The molecule has 0 aliphatic heterocycles. The smallest absolute Gasteiger partial charge is 0.293 e. The van der Waals surface area contributed by atoms with Gasteiger partial charge in [-0.2, -0.15) is 0 Å². The molecule has 0 atom stereocenters. The summed E-state index contributed by atoms with van der Waals surface area (Å²) in [5, 5.41) is 6.02. The first-order valence-corrected chi connectivity index (χ1v) is 11.0. The molecule has 0 spiro atoms. The number of nitrogens with zero attached hydrogens (tertiary/aromatic N) is 1. The van der Waals surface area contributed by atoms with Crippen LogP contribution in [-0.4, -0.2) is 23.4 Å². The molecule has 4 aromatic rings. The third kappa shape index (κ3) is 4.97. The molecule has 0 saturated heterocycles. The van der Waals surface area contributed by atoms with Crippen molar-refractivity contribution in [2.75, 3.05) is 17.2 Å². The van der Waals surface area contributed by atoms with Crippen LogP contribution in [0.2, 0.25) is 0 Å². The summed E-state index contributed by atoms with van der Waals surface area (Å²) in [6, 6.07) is 14.6. The number of rotatable bonds is 7. The lowest BCUT2D eigenvalue weighted by molar-refractivity contribution is -0.118. The number of thiazole rings is 1. The van der Waals surface area contributed by atoms with Gasteiger partial charge in [-0.25, -0.2) is 4.98 Å². The van der Waals surface area contributed by atoms with Crippen molar-refractivity contribution in [1.29, 1.82) is 0 Å². The largest absolute Gasteiger partial charge is 0.483 e. The maximum absolute atomic E-state index is 12.5. The maximum Gasteiger partial charge on any atom is 0.293 e. The number of aryl methyl sites for hydroxylation is 1. The van der Waals surface area contributed by atoms with E-state index in [2.05, 4.69) is 29.5 Å². The van der Waals surface area contributed by atoms with Crippen LogP contribution < -0.4 is 15.4 Å². The van der Waals surface area contributed by atoms with Crippen LogP contribution >= 0.6 is 11.3 Å². The summed E-state index contributed by atoms with van der Waals surface area (Å²) in [7, 11) is 0. The Kier molecular flexibility index (Phi) is 6.23. The molecule has 2 heterocycles. The molecule has 2 amide bonds. The van der Waals surface area contributed by atoms with E-state index >= 15 is 0 Å². The van der Waals surface area contributed by atoms with E-state index in [1.54, 1.807) is 24.3 Å². The summed E-state index contributed by atoms with van der Waals surface area (Å²) < 4.78 is 11.7. The predicted molar refractivity (Wildman–Crippen MR) is 126 cm³/mol. The minimum Gasteiger partial charge on any atom is -0.483 e. The van der Waals surface area contributed by atoms with Gasteiger partial charge in [0.2, 0.25) is 0 Å². The number of nitrogens with one attached hydrogen (secondary N) is 2. The van der Waals surface area contributed by atoms with E-state index in [1.165, 1.54) is 17.6 Å². The SMILES string of the molecule is Cc1ccc(C(C)C)c(OCC(=O)Nc2ccc3nc(NC(=O)c4ccco4)sc3c2)c1. The summed E-state index contributed by atoms with van der Waals surface area (Å²) in [5.41, 5.74) is 3.50. The predicted octanol–water partition coefficient (Wildman–Crippen LogP) is 5.59. The number of amides is 2. The Hall–Kier alpha value is -3.65. The van der Waals surface area contributed by atoms with E-state index in [4.69, 9.17) is 9.15 Å². The van der Waals surface area contributed by atoms with E-state index in [0.29, 0.717) is 16.7 Å². The maximum atomic E-state index is 12.5. The van der Waals surface area contributed by atoms with E-state index in [-0.39, 0.29) is 24.2 Å². The zero-order valence-corrected chi connectivity index (χ0v) is 18.8. The molecule has 4 rings (SSSR count). The van der Waals surface area contributed by atoms with Crippen LogP contribution in [0.4, 0.5) is 10.8 Å². The third-order valence-electron chi connectivity index (χ3n) is 4.79. The molecule has 2 aromatic heterocycles. The van der Waals surface area contributed by atoms with Crippen LogP contribution in [0.3, 0.4) is 0 Å². The average Bonchev–Trinajstić information content (AvgIpc) is 3.41. The molecule has 0 bridgehead atoms. The van der Waals surface area contributed by atoms with Gasteiger partial charge in [-0.3, -0.25) is 14.9 Å². The molecule has 2 aromatic carbocycles. The van der Waals surface area contributed by atoms with Gasteiger partial charge in [0.25, 0.3) is 11.8 Å². The Bertz CT molecular complexity index is 1260. The molecule has 0 aliphatic rings. The lowest BCUT2D eigenvalue weighted by Crippen LogP contribution is -2.20. The quantitative estimate of drug-likeness (QED) is 0.384. The molecular formula is C24H23N3O4S. The zero-order valence-electron chi connectivity index (χ0n) is 18.0. The van der Waals surface area contributed by atoms with Crippen molar-refractivity contribution < 1.29 is 18.7 Å². The molecule has 0 saturated carbocycles. The fourth-order valence-electron chi connectivity index (χ4n) is 3.21. The Balaban J connectivity index is 1.40. The number of benzene rings is 2. The highest BCUT2D eigenvalue weighted by Gasteiger charge is 2.14. The summed E-state index contributed by atoms with van der Waals surface area (Å²) >= 11 is 1.31. The average molecular weight is 450 g/mol. The normalized spacial score (nSPS) is 11.0. The molecule has 2 N–H and O–H groups in total. The first kappa shape index (κ1) is 21.6. The minimum absolute atomic E-state index is 0.0889. The highest BCUT2D eigenvalue weighted by molar-refractivity contribution is 7.22. The molecule has 8 heteroatoms. The van der Waals surface area contributed by atoms with Gasteiger partial charge in [0, 0.05) is 5.69 Å². The van der Waals surface area contributed by atoms with Crippen molar-refractivity contribution in [3.8, 4) is 5.75 Å². The van der Waals surface area contributed by atoms with Crippen molar-refractivity contribution in [3.63, 3.8) is 0 Å². The van der Waals surface area contributed by atoms with Crippen LogP contribution in [0, 0.1) is 6.92 Å². The summed E-state index contributed by atoms with van der Waals surface area (Å²) in [6.07, 6.45) is 1.44. The molecule has 0 aliphatic carbocycles. The molecule has 0 unspecified atom stereocenters. The number of hydrogen-bond donors (Lipinski definition) is 2. The minimum atomic E-state index is -0.364. The van der Waals surface area contributed by atoms with Gasteiger partial charge in [0.15, 0.2) is 17.5 Å². The van der Waals surface area contributed by atoms with Gasteiger partial charge in [0.05, 0.1) is 16.5 Å². The molecule has 164 valence electrons. The van der Waals surface area contributed by atoms with Crippen LogP contribution in [0.1, 0.15) is 41.4 Å². The Morgan fingerprint density at radius 1 is 1.12 bits per heavy atom. The number of ether oxygens (including phenoxy) is 1. The van der Waals surface area contributed by atoms with Crippen molar-refractivity contribution in [2.45, 2.75) is 26.7 Å². The zero-order chi connectivity index (χ0) is 22.7. The number of aromatic nitrogens is 1. The van der Waals surface area contributed by atoms with Crippen molar-refractivity contribution >= 4 is 44.2 Å².